The van der Waals surface area contributed by atoms with E-state index in [0.717, 1.165) is 10.9 Å². The molecule has 10 heteroatoms. The smallest absolute Gasteiger partial charge is 0.349 e. The molecule has 2 aromatic carbocycles. The molecule has 0 radical (unpaired) electrons. The topological polar surface area (TPSA) is 127 Å². The lowest BCUT2D eigenvalue weighted by molar-refractivity contribution is -0.129. The van der Waals surface area contributed by atoms with Gasteiger partial charge in [0.05, 0.1) is 0 Å². The number of nitrogens with one attached hydrogen (secondary N) is 3. The first-order valence-corrected chi connectivity index (χ1v) is 11.5. The van der Waals surface area contributed by atoms with E-state index >= 15 is 0 Å². The van der Waals surface area contributed by atoms with Crippen LogP contribution in [0.15, 0.2) is 62.2 Å². The first-order chi connectivity index (χ1) is 16.4. The third-order valence-corrected chi connectivity index (χ3v) is 5.77. The van der Waals surface area contributed by atoms with Crippen molar-refractivity contribution >= 4 is 50.3 Å². The first kappa shape index (κ1) is 23.7. The highest BCUT2D eigenvalue weighted by molar-refractivity contribution is 9.10. The molecule has 1 aliphatic rings. The number of benzene rings is 2. The Morgan fingerprint density at radius 1 is 0.971 bits per heavy atom. The normalized spacial score (nSPS) is 15.1. The highest BCUT2D eigenvalue weighted by Gasteiger charge is 2.22. The largest absolute Gasteiger partial charge is 0.422 e. The summed E-state index contributed by atoms with van der Waals surface area (Å²) in [4.78, 5) is 49.0. The molecule has 3 N–H and O–H groups in total. The van der Waals surface area contributed by atoms with Gasteiger partial charge >= 0.3 is 5.63 Å². The third-order valence-electron chi connectivity index (χ3n) is 5.28. The van der Waals surface area contributed by atoms with Crippen molar-refractivity contribution in [3.05, 3.63) is 74.6 Å². The number of halogens is 1. The van der Waals surface area contributed by atoms with E-state index in [1.54, 1.807) is 42.5 Å². The van der Waals surface area contributed by atoms with Crippen LogP contribution in [0.1, 0.15) is 33.6 Å². The molecule has 0 spiro atoms. The molecule has 0 aliphatic carbocycles. The minimum absolute atomic E-state index is 0.127. The van der Waals surface area contributed by atoms with Crippen molar-refractivity contribution in [1.29, 1.82) is 0 Å². The lowest BCUT2D eigenvalue weighted by atomic mass is 10.1. The lowest BCUT2D eigenvalue weighted by Crippen LogP contribution is -2.39. The SMILES string of the molecule is O=C(NCCNC(=O)C1CCCO1)c1ccc(NC(=O)c2cc3cc(Br)ccc3oc2=O)cc1. The fraction of sp³-hybridized carbons (Fsp3) is 0.250. The van der Waals surface area contributed by atoms with Crippen LogP contribution in [0.25, 0.3) is 11.0 Å². The number of carbonyl (C=O) groups is 3. The highest BCUT2D eigenvalue weighted by Crippen LogP contribution is 2.20. The number of anilines is 1. The Hall–Kier alpha value is -3.50. The Kier molecular flexibility index (Phi) is 7.39. The molecule has 1 saturated heterocycles. The predicted molar refractivity (Wildman–Crippen MR) is 129 cm³/mol. The standard InChI is InChI=1S/C24H22BrN3O6/c25-16-5-8-19-15(12-16)13-18(24(32)34-19)22(30)28-17-6-3-14(4-7-17)21(29)26-9-10-27-23(31)20-2-1-11-33-20/h3-8,12-13,20H,1-2,9-11H2,(H,26,29)(H,27,31)(H,28,30). The van der Waals surface area contributed by atoms with Crippen molar-refractivity contribution < 1.29 is 23.5 Å². The number of hydrogen-bond donors (Lipinski definition) is 3. The van der Waals surface area contributed by atoms with Crippen molar-refractivity contribution in [1.82, 2.24) is 10.6 Å². The molecule has 34 heavy (non-hydrogen) atoms. The summed E-state index contributed by atoms with van der Waals surface area (Å²) in [6.07, 6.45) is 1.19. The molecule has 9 nitrogen and oxygen atoms in total. The average Bonchev–Trinajstić information content (AvgIpc) is 3.37. The van der Waals surface area contributed by atoms with Gasteiger partial charge < -0.3 is 25.1 Å². The summed E-state index contributed by atoms with van der Waals surface area (Å²) in [5, 5.41) is 8.70. The van der Waals surface area contributed by atoms with Gasteiger partial charge in [-0.05, 0) is 61.4 Å². The van der Waals surface area contributed by atoms with Crippen LogP contribution in [0, 0.1) is 0 Å². The second kappa shape index (κ2) is 10.6. The van der Waals surface area contributed by atoms with E-state index in [1.807, 2.05) is 0 Å². The number of amides is 3. The second-order valence-corrected chi connectivity index (χ2v) is 8.63. The molecule has 4 rings (SSSR count). The minimum Gasteiger partial charge on any atom is -0.422 e. The van der Waals surface area contributed by atoms with Gasteiger partial charge in [0, 0.05) is 40.8 Å². The first-order valence-electron chi connectivity index (χ1n) is 10.7. The summed E-state index contributed by atoms with van der Waals surface area (Å²) in [7, 11) is 0. The van der Waals surface area contributed by atoms with Gasteiger partial charge in [0.1, 0.15) is 17.3 Å². The van der Waals surface area contributed by atoms with Gasteiger partial charge in [-0.2, -0.15) is 0 Å². The Morgan fingerprint density at radius 2 is 1.74 bits per heavy atom. The molecular weight excluding hydrogens is 506 g/mol. The molecule has 1 unspecified atom stereocenters. The van der Waals surface area contributed by atoms with Gasteiger partial charge in [0.15, 0.2) is 0 Å². The Morgan fingerprint density at radius 3 is 2.47 bits per heavy atom. The fourth-order valence-electron chi connectivity index (χ4n) is 3.52. The van der Waals surface area contributed by atoms with Crippen molar-refractivity contribution in [2.45, 2.75) is 18.9 Å². The fourth-order valence-corrected chi connectivity index (χ4v) is 3.90. The Balaban J connectivity index is 1.31. The van der Waals surface area contributed by atoms with Gasteiger partial charge in [-0.1, -0.05) is 15.9 Å². The van der Waals surface area contributed by atoms with E-state index in [1.165, 1.54) is 6.07 Å². The van der Waals surface area contributed by atoms with Gasteiger partial charge in [0.25, 0.3) is 11.8 Å². The van der Waals surface area contributed by atoms with Gasteiger partial charge in [-0.3, -0.25) is 14.4 Å². The van der Waals surface area contributed by atoms with Crippen LogP contribution in [0.2, 0.25) is 0 Å². The van der Waals surface area contributed by atoms with E-state index < -0.39 is 17.6 Å². The zero-order valence-electron chi connectivity index (χ0n) is 18.1. The number of rotatable bonds is 7. The third kappa shape index (κ3) is 5.70. The quantitative estimate of drug-likeness (QED) is 0.320. The highest BCUT2D eigenvalue weighted by atomic mass is 79.9. The van der Waals surface area contributed by atoms with Crippen molar-refractivity contribution in [2.75, 3.05) is 25.0 Å². The summed E-state index contributed by atoms with van der Waals surface area (Å²) in [6, 6.07) is 12.8. The summed E-state index contributed by atoms with van der Waals surface area (Å²) in [5.41, 5.74) is 0.316. The Bertz CT molecular complexity index is 1280. The van der Waals surface area contributed by atoms with E-state index in [4.69, 9.17) is 9.15 Å². The molecule has 0 bridgehead atoms. The van der Waals surface area contributed by atoms with Crippen LogP contribution in [-0.4, -0.2) is 43.5 Å². The molecule has 2 heterocycles. The maximum atomic E-state index is 12.6. The van der Waals surface area contributed by atoms with Crippen molar-refractivity contribution in [3.63, 3.8) is 0 Å². The monoisotopic (exact) mass is 527 g/mol. The zero-order valence-corrected chi connectivity index (χ0v) is 19.6. The molecule has 0 saturated carbocycles. The van der Waals surface area contributed by atoms with Crippen LogP contribution < -0.4 is 21.6 Å². The number of fused-ring (bicyclic) bond motifs is 1. The van der Waals surface area contributed by atoms with Crippen LogP contribution in [0.3, 0.4) is 0 Å². The van der Waals surface area contributed by atoms with Crippen LogP contribution >= 0.6 is 15.9 Å². The average molecular weight is 528 g/mol. The van der Waals surface area contributed by atoms with Gasteiger partial charge in [0.2, 0.25) is 5.91 Å². The molecule has 1 aromatic heterocycles. The van der Waals surface area contributed by atoms with Crippen molar-refractivity contribution in [3.8, 4) is 0 Å². The van der Waals surface area contributed by atoms with Gasteiger partial charge in [-0.15, -0.1) is 0 Å². The molecule has 1 fully saturated rings. The van der Waals surface area contributed by atoms with Gasteiger partial charge in [-0.25, -0.2) is 4.79 Å². The number of carbonyl (C=O) groups excluding carboxylic acids is 3. The van der Waals surface area contributed by atoms with Crippen LogP contribution in [-0.2, 0) is 9.53 Å². The molecule has 3 amide bonds. The summed E-state index contributed by atoms with van der Waals surface area (Å²) >= 11 is 3.35. The number of ether oxygens (including phenoxy) is 1. The van der Waals surface area contributed by atoms with Crippen LogP contribution in [0.4, 0.5) is 5.69 Å². The van der Waals surface area contributed by atoms with Crippen molar-refractivity contribution in [2.24, 2.45) is 0 Å². The summed E-state index contributed by atoms with van der Waals surface area (Å²) in [5.74, 6) is -1.10. The van der Waals surface area contributed by atoms with E-state index in [2.05, 4.69) is 31.9 Å². The van der Waals surface area contributed by atoms with E-state index in [9.17, 15) is 19.2 Å². The van der Waals surface area contributed by atoms with E-state index in [0.29, 0.717) is 41.8 Å². The van der Waals surface area contributed by atoms with E-state index in [-0.39, 0.29) is 23.9 Å². The summed E-state index contributed by atoms with van der Waals surface area (Å²) in [6.45, 7) is 1.16. The molecule has 1 atom stereocenters. The number of hydrogen-bond acceptors (Lipinski definition) is 6. The Labute approximate surface area is 203 Å². The summed E-state index contributed by atoms with van der Waals surface area (Å²) < 4.78 is 11.3. The zero-order chi connectivity index (χ0) is 24.1. The molecule has 1 aliphatic heterocycles. The molecular formula is C24H22BrN3O6. The lowest BCUT2D eigenvalue weighted by Gasteiger charge is -2.11. The maximum Gasteiger partial charge on any atom is 0.349 e. The second-order valence-electron chi connectivity index (χ2n) is 7.71. The maximum absolute atomic E-state index is 12.6. The molecule has 176 valence electrons. The predicted octanol–water partition coefficient (Wildman–Crippen LogP) is 2.83. The molecule has 3 aromatic rings. The van der Waals surface area contributed by atoms with Crippen LogP contribution in [0.5, 0.6) is 0 Å². The minimum atomic E-state index is -0.741.